The molecule has 0 unspecified atom stereocenters. The molecule has 0 saturated heterocycles. The summed E-state index contributed by atoms with van der Waals surface area (Å²) >= 11 is 0. The van der Waals surface area contributed by atoms with Crippen molar-refractivity contribution >= 4 is 21.8 Å². The average molecular weight is 361 g/mol. The van der Waals surface area contributed by atoms with E-state index in [1.54, 1.807) is 0 Å². The van der Waals surface area contributed by atoms with Crippen LogP contribution in [0.15, 0.2) is 48.5 Å². The summed E-state index contributed by atoms with van der Waals surface area (Å²) in [5, 5.41) is 2.52. The third-order valence-electron chi connectivity index (χ3n) is 5.09. The van der Waals surface area contributed by atoms with Crippen LogP contribution in [0.5, 0.6) is 0 Å². The molecule has 0 radical (unpaired) electrons. The predicted octanol–water partition coefficient (Wildman–Crippen LogP) is 7.37. The van der Waals surface area contributed by atoms with Crippen molar-refractivity contribution in [1.82, 2.24) is 9.55 Å². The van der Waals surface area contributed by atoms with E-state index >= 15 is 0 Å². The van der Waals surface area contributed by atoms with E-state index in [1.165, 1.54) is 38.7 Å². The predicted molar refractivity (Wildman–Crippen MR) is 121 cm³/mol. The molecule has 2 heteroatoms. The maximum Gasteiger partial charge on any atom is 0.0765 e. The number of aromatic nitrogens is 2. The molecule has 0 spiro atoms. The number of para-hydroxylation sites is 2. The lowest BCUT2D eigenvalue weighted by molar-refractivity contribution is 0.918. The molecule has 142 valence electrons. The molecule has 27 heavy (non-hydrogen) atoms. The molecular weight excluding hydrogens is 328 g/mol. The first-order chi connectivity index (χ1) is 13.1. The smallest absolute Gasteiger partial charge is 0.0765 e. The molecular formula is C25H32N2. The highest BCUT2D eigenvalue weighted by Gasteiger charge is 2.18. The third kappa shape index (κ3) is 3.49. The number of hydrogen-bond donors (Lipinski definition) is 0. The summed E-state index contributed by atoms with van der Waals surface area (Å²) in [6.07, 6.45) is 0. The molecule has 2 aromatic heterocycles. The zero-order chi connectivity index (χ0) is 20.1. The second kappa shape index (κ2) is 8.85. The van der Waals surface area contributed by atoms with E-state index in [4.69, 9.17) is 4.98 Å². The van der Waals surface area contributed by atoms with Gasteiger partial charge in [0.15, 0.2) is 0 Å². The van der Waals surface area contributed by atoms with Crippen LogP contribution in [0.2, 0.25) is 0 Å². The molecule has 0 atom stereocenters. The topological polar surface area (TPSA) is 17.8 Å². The van der Waals surface area contributed by atoms with E-state index in [0.717, 1.165) is 11.2 Å². The largest absolute Gasteiger partial charge is 0.347 e. The minimum atomic E-state index is 1.07. The first-order valence-electron chi connectivity index (χ1n) is 10.00. The van der Waals surface area contributed by atoms with Crippen molar-refractivity contribution < 1.29 is 0 Å². The number of rotatable bonds is 1. The van der Waals surface area contributed by atoms with E-state index < -0.39 is 0 Å². The standard InChI is InChI=1S/C21H20N2.2C2H6/c1-13-14(2)21(22-18-11-7-5-9-16(13)18)20-15(3)23(4)19-12-8-6-10-17(19)20;2*1-2/h5-12H,1-4H3;2*1-2H3. The monoisotopic (exact) mass is 360 g/mol. The normalized spacial score (nSPS) is 10.2. The van der Waals surface area contributed by atoms with Crippen LogP contribution in [0.4, 0.5) is 0 Å². The number of nitrogens with zero attached hydrogens (tertiary/aromatic N) is 2. The van der Waals surface area contributed by atoms with E-state index in [0.29, 0.717) is 0 Å². The van der Waals surface area contributed by atoms with Gasteiger partial charge in [-0.2, -0.15) is 0 Å². The van der Waals surface area contributed by atoms with Gasteiger partial charge in [0.1, 0.15) is 0 Å². The van der Waals surface area contributed by atoms with Crippen molar-refractivity contribution in [2.75, 3.05) is 0 Å². The molecule has 0 N–H and O–H groups in total. The number of hydrogen-bond acceptors (Lipinski definition) is 1. The Morgan fingerprint density at radius 1 is 0.704 bits per heavy atom. The lowest BCUT2D eigenvalue weighted by Crippen LogP contribution is -1.96. The summed E-state index contributed by atoms with van der Waals surface area (Å²) < 4.78 is 2.26. The third-order valence-corrected chi connectivity index (χ3v) is 5.09. The number of fused-ring (bicyclic) bond motifs is 2. The summed E-state index contributed by atoms with van der Waals surface area (Å²) in [4.78, 5) is 5.02. The quantitative estimate of drug-likeness (QED) is 0.346. The van der Waals surface area contributed by atoms with Gasteiger partial charge in [-0.05, 0) is 44.0 Å². The Balaban J connectivity index is 0.000000614. The Morgan fingerprint density at radius 3 is 1.93 bits per heavy atom. The number of pyridine rings is 1. The van der Waals surface area contributed by atoms with Gasteiger partial charge < -0.3 is 4.57 Å². The van der Waals surface area contributed by atoms with Gasteiger partial charge in [-0.25, -0.2) is 4.98 Å². The summed E-state index contributed by atoms with van der Waals surface area (Å²) in [5.74, 6) is 0. The van der Waals surface area contributed by atoms with Crippen LogP contribution in [-0.4, -0.2) is 9.55 Å². The highest BCUT2D eigenvalue weighted by Crippen LogP contribution is 2.37. The lowest BCUT2D eigenvalue weighted by atomic mass is 9.97. The van der Waals surface area contributed by atoms with Gasteiger partial charge in [0, 0.05) is 34.6 Å². The Bertz CT molecular complexity index is 1050. The summed E-state index contributed by atoms with van der Waals surface area (Å²) in [5.41, 5.74) is 8.53. The summed E-state index contributed by atoms with van der Waals surface area (Å²) in [7, 11) is 2.13. The van der Waals surface area contributed by atoms with E-state index in [9.17, 15) is 0 Å². The van der Waals surface area contributed by atoms with Gasteiger partial charge >= 0.3 is 0 Å². The van der Waals surface area contributed by atoms with E-state index in [2.05, 4.69) is 80.9 Å². The molecule has 0 aliphatic rings. The fourth-order valence-electron chi connectivity index (χ4n) is 3.54. The molecule has 0 aliphatic heterocycles. The van der Waals surface area contributed by atoms with Crippen molar-refractivity contribution in [3.05, 3.63) is 65.4 Å². The zero-order valence-corrected chi connectivity index (χ0v) is 18.0. The Kier molecular flexibility index (Phi) is 6.79. The van der Waals surface area contributed by atoms with Gasteiger partial charge in [-0.15, -0.1) is 0 Å². The molecule has 0 aliphatic carbocycles. The van der Waals surface area contributed by atoms with Crippen molar-refractivity contribution in [2.45, 2.75) is 48.5 Å². The Labute approximate surface area is 163 Å². The maximum atomic E-state index is 5.02. The molecule has 2 nitrogen and oxygen atoms in total. The van der Waals surface area contributed by atoms with Crippen LogP contribution in [0, 0.1) is 20.8 Å². The van der Waals surface area contributed by atoms with Gasteiger partial charge in [0.05, 0.1) is 11.2 Å². The number of aryl methyl sites for hydroxylation is 2. The van der Waals surface area contributed by atoms with Crippen molar-refractivity contribution in [2.24, 2.45) is 7.05 Å². The summed E-state index contributed by atoms with van der Waals surface area (Å²) in [6, 6.07) is 17.0. The second-order valence-electron chi connectivity index (χ2n) is 6.26. The van der Waals surface area contributed by atoms with Gasteiger partial charge in [-0.3, -0.25) is 0 Å². The average Bonchev–Trinajstić information content (AvgIpc) is 2.99. The van der Waals surface area contributed by atoms with Crippen molar-refractivity contribution in [3.8, 4) is 11.3 Å². The molecule has 2 aromatic carbocycles. The molecule has 0 saturated carbocycles. The van der Waals surface area contributed by atoms with Gasteiger partial charge in [-0.1, -0.05) is 64.1 Å². The SMILES string of the molecule is CC.CC.Cc1c(-c2c(C)n(C)c3ccccc23)nc2ccccc2c1C. The molecule has 0 fully saturated rings. The summed E-state index contributed by atoms with van der Waals surface area (Å²) in [6.45, 7) is 14.6. The first-order valence-corrected chi connectivity index (χ1v) is 10.00. The van der Waals surface area contributed by atoms with Crippen LogP contribution in [0.25, 0.3) is 33.1 Å². The van der Waals surface area contributed by atoms with Crippen molar-refractivity contribution in [3.63, 3.8) is 0 Å². The maximum absolute atomic E-state index is 5.02. The van der Waals surface area contributed by atoms with Crippen LogP contribution < -0.4 is 0 Å². The molecule has 0 amide bonds. The zero-order valence-electron chi connectivity index (χ0n) is 18.0. The Morgan fingerprint density at radius 2 is 1.26 bits per heavy atom. The minimum absolute atomic E-state index is 1.07. The molecule has 4 aromatic rings. The fraction of sp³-hybridized carbons (Fsp3) is 0.320. The van der Waals surface area contributed by atoms with E-state index in [1.807, 2.05) is 27.7 Å². The first kappa shape index (κ1) is 20.7. The minimum Gasteiger partial charge on any atom is -0.347 e. The second-order valence-corrected chi connectivity index (χ2v) is 6.26. The van der Waals surface area contributed by atoms with Crippen LogP contribution in [0.1, 0.15) is 44.5 Å². The van der Waals surface area contributed by atoms with E-state index in [-0.39, 0.29) is 0 Å². The van der Waals surface area contributed by atoms with Crippen LogP contribution in [-0.2, 0) is 7.05 Å². The highest BCUT2D eigenvalue weighted by molar-refractivity contribution is 5.99. The number of benzene rings is 2. The molecule has 4 rings (SSSR count). The van der Waals surface area contributed by atoms with Crippen LogP contribution in [0.3, 0.4) is 0 Å². The fourth-order valence-corrected chi connectivity index (χ4v) is 3.54. The molecule has 2 heterocycles. The van der Waals surface area contributed by atoms with Crippen LogP contribution >= 0.6 is 0 Å². The van der Waals surface area contributed by atoms with Gasteiger partial charge in [0.2, 0.25) is 0 Å². The Hall–Kier alpha value is -2.61. The highest BCUT2D eigenvalue weighted by atomic mass is 14.9. The van der Waals surface area contributed by atoms with Gasteiger partial charge in [0.25, 0.3) is 0 Å². The lowest BCUT2D eigenvalue weighted by Gasteiger charge is -2.12. The van der Waals surface area contributed by atoms with Crippen molar-refractivity contribution in [1.29, 1.82) is 0 Å². The molecule has 0 bridgehead atoms.